The molecule has 2 N–H and O–H groups in total. The van der Waals surface area contributed by atoms with Crippen LogP contribution in [-0.4, -0.2) is 30.2 Å². The fourth-order valence-corrected chi connectivity index (χ4v) is 2.88. The van der Waals surface area contributed by atoms with Gasteiger partial charge in [0.1, 0.15) is 6.17 Å². The van der Waals surface area contributed by atoms with Gasteiger partial charge in [0.05, 0.1) is 5.56 Å². The van der Waals surface area contributed by atoms with E-state index in [-0.39, 0.29) is 6.17 Å². The van der Waals surface area contributed by atoms with Crippen molar-refractivity contribution in [2.45, 2.75) is 6.17 Å². The lowest BCUT2D eigenvalue weighted by Gasteiger charge is -2.15. The SMILES string of the molecule is CNC1C[N+]([O-])=C(c2ccccc2)c2cc(Br)ccc2N1. The van der Waals surface area contributed by atoms with Gasteiger partial charge >= 0.3 is 0 Å². The van der Waals surface area contributed by atoms with Crippen LogP contribution >= 0.6 is 15.9 Å². The molecule has 0 aliphatic carbocycles. The third-order valence-electron chi connectivity index (χ3n) is 3.56. The van der Waals surface area contributed by atoms with Crippen LogP contribution in [0.3, 0.4) is 0 Å². The lowest BCUT2D eigenvalue weighted by molar-refractivity contribution is -0.458. The largest absolute Gasteiger partial charge is 0.623 e. The van der Waals surface area contributed by atoms with E-state index in [1.165, 1.54) is 0 Å². The van der Waals surface area contributed by atoms with Gasteiger partial charge in [-0.2, -0.15) is 0 Å². The molecule has 1 atom stereocenters. The van der Waals surface area contributed by atoms with Crippen LogP contribution < -0.4 is 10.6 Å². The lowest BCUT2D eigenvalue weighted by atomic mass is 10.0. The van der Waals surface area contributed by atoms with E-state index in [1.54, 1.807) is 0 Å². The standard InChI is InChI=1S/C16H16BrN3O/c1-18-15-10-20(21)16(11-5-3-2-4-6-11)13-9-12(17)7-8-14(13)19-15/h2-9,15,18-19H,10H2,1H3. The number of nitrogens with zero attached hydrogens (tertiary/aromatic N) is 1. The number of rotatable bonds is 2. The maximum Gasteiger partial charge on any atom is 0.227 e. The average molecular weight is 346 g/mol. The molecule has 0 aromatic heterocycles. The summed E-state index contributed by atoms with van der Waals surface area (Å²) >= 11 is 3.49. The second-order valence-electron chi connectivity index (χ2n) is 4.95. The summed E-state index contributed by atoms with van der Waals surface area (Å²) in [5, 5.41) is 19.1. The van der Waals surface area contributed by atoms with Gasteiger partial charge in [0.15, 0.2) is 6.54 Å². The van der Waals surface area contributed by atoms with Crippen molar-refractivity contribution in [2.24, 2.45) is 0 Å². The van der Waals surface area contributed by atoms with Crippen molar-refractivity contribution >= 4 is 27.3 Å². The summed E-state index contributed by atoms with van der Waals surface area (Å²) in [5.41, 5.74) is 3.47. The lowest BCUT2D eigenvalue weighted by Crippen LogP contribution is -2.39. The Labute approximate surface area is 132 Å². The minimum absolute atomic E-state index is 0.0939. The van der Waals surface area contributed by atoms with Gasteiger partial charge in [-0.05, 0) is 37.4 Å². The topological polar surface area (TPSA) is 50.1 Å². The Hall–Kier alpha value is -1.85. The number of benzodiazepines with no additional fused rings is 1. The first-order valence-corrected chi connectivity index (χ1v) is 7.59. The van der Waals surface area contributed by atoms with E-state index in [9.17, 15) is 5.21 Å². The molecule has 1 heterocycles. The number of fused-ring (bicyclic) bond motifs is 1. The number of hydrogen-bond acceptors (Lipinski definition) is 3. The molecule has 21 heavy (non-hydrogen) atoms. The molecule has 1 unspecified atom stereocenters. The van der Waals surface area contributed by atoms with E-state index in [0.717, 1.165) is 26.0 Å². The number of hydroxylamine groups is 1. The summed E-state index contributed by atoms with van der Waals surface area (Å²) in [6.07, 6.45) is -0.0939. The Bertz CT molecular complexity index is 685. The minimum atomic E-state index is -0.0939. The van der Waals surface area contributed by atoms with E-state index in [1.807, 2.05) is 55.6 Å². The zero-order valence-corrected chi connectivity index (χ0v) is 13.2. The van der Waals surface area contributed by atoms with Crippen LogP contribution in [-0.2, 0) is 0 Å². The van der Waals surface area contributed by atoms with Gasteiger partial charge in [0, 0.05) is 15.7 Å². The van der Waals surface area contributed by atoms with Crippen LogP contribution in [0.4, 0.5) is 5.69 Å². The van der Waals surface area contributed by atoms with E-state index in [4.69, 9.17) is 0 Å². The molecule has 108 valence electrons. The van der Waals surface area contributed by atoms with Crippen LogP contribution in [0, 0.1) is 5.21 Å². The maximum atomic E-state index is 12.6. The normalized spacial score (nSPS) is 17.9. The second kappa shape index (κ2) is 5.87. The summed E-state index contributed by atoms with van der Waals surface area (Å²) in [4.78, 5) is 0. The van der Waals surface area contributed by atoms with Crippen molar-refractivity contribution in [3.63, 3.8) is 0 Å². The van der Waals surface area contributed by atoms with E-state index in [0.29, 0.717) is 12.3 Å². The quantitative estimate of drug-likeness (QED) is 0.649. The molecule has 0 amide bonds. The zero-order valence-electron chi connectivity index (χ0n) is 11.6. The molecular formula is C16H16BrN3O. The van der Waals surface area contributed by atoms with Gasteiger partial charge in [0.2, 0.25) is 5.71 Å². The molecular weight excluding hydrogens is 330 g/mol. The van der Waals surface area contributed by atoms with Gasteiger partial charge in [0.25, 0.3) is 0 Å². The second-order valence-corrected chi connectivity index (χ2v) is 5.87. The zero-order chi connectivity index (χ0) is 14.8. The molecule has 0 bridgehead atoms. The number of anilines is 1. The number of halogens is 1. The van der Waals surface area contributed by atoms with Gasteiger partial charge in [-0.15, -0.1) is 0 Å². The van der Waals surface area contributed by atoms with E-state index in [2.05, 4.69) is 26.6 Å². The molecule has 0 saturated carbocycles. The summed E-state index contributed by atoms with van der Waals surface area (Å²) in [7, 11) is 1.84. The predicted molar refractivity (Wildman–Crippen MR) is 88.8 cm³/mol. The van der Waals surface area contributed by atoms with Crippen LogP contribution in [0.2, 0.25) is 0 Å². The van der Waals surface area contributed by atoms with Gasteiger partial charge < -0.3 is 10.5 Å². The third kappa shape index (κ3) is 2.80. The van der Waals surface area contributed by atoms with Crippen molar-refractivity contribution in [3.8, 4) is 0 Å². The van der Waals surface area contributed by atoms with Crippen molar-refractivity contribution in [1.82, 2.24) is 5.32 Å². The number of benzene rings is 2. The smallest absolute Gasteiger partial charge is 0.227 e. The molecule has 0 spiro atoms. The highest BCUT2D eigenvalue weighted by atomic mass is 79.9. The molecule has 0 radical (unpaired) electrons. The summed E-state index contributed by atoms with van der Waals surface area (Å²) in [6.45, 7) is 0.340. The highest BCUT2D eigenvalue weighted by Crippen LogP contribution is 2.26. The summed E-state index contributed by atoms with van der Waals surface area (Å²) < 4.78 is 2.01. The number of likely N-dealkylation sites (N-methyl/N-ethyl adjacent to an activating group) is 1. The first-order valence-electron chi connectivity index (χ1n) is 6.80. The van der Waals surface area contributed by atoms with Gasteiger partial charge in [-0.3, -0.25) is 5.32 Å². The van der Waals surface area contributed by atoms with Gasteiger partial charge in [-0.1, -0.05) is 34.1 Å². The molecule has 4 nitrogen and oxygen atoms in total. The number of nitrogens with one attached hydrogen (secondary N) is 2. The van der Waals surface area contributed by atoms with Crippen LogP contribution in [0.1, 0.15) is 11.1 Å². The van der Waals surface area contributed by atoms with Crippen molar-refractivity contribution in [1.29, 1.82) is 0 Å². The Morgan fingerprint density at radius 3 is 2.71 bits per heavy atom. The van der Waals surface area contributed by atoms with Gasteiger partial charge in [-0.25, -0.2) is 4.74 Å². The predicted octanol–water partition coefficient (Wildman–Crippen LogP) is 2.77. The first-order chi connectivity index (χ1) is 10.2. The molecule has 0 fully saturated rings. The van der Waals surface area contributed by atoms with Crippen molar-refractivity contribution < 1.29 is 4.74 Å². The average Bonchev–Trinajstić information content (AvgIpc) is 2.63. The molecule has 1 aliphatic rings. The molecule has 0 saturated heterocycles. The maximum absolute atomic E-state index is 12.6. The fourth-order valence-electron chi connectivity index (χ4n) is 2.52. The third-order valence-corrected chi connectivity index (χ3v) is 4.05. The first kappa shape index (κ1) is 14.1. The van der Waals surface area contributed by atoms with Crippen molar-refractivity contribution in [3.05, 3.63) is 69.3 Å². The Morgan fingerprint density at radius 2 is 2.00 bits per heavy atom. The summed E-state index contributed by atoms with van der Waals surface area (Å²) in [5.74, 6) is 0. The Balaban J connectivity index is 2.22. The monoisotopic (exact) mass is 345 g/mol. The van der Waals surface area contributed by atoms with Crippen LogP contribution in [0.25, 0.3) is 0 Å². The minimum Gasteiger partial charge on any atom is -0.623 e. The molecule has 2 aromatic rings. The van der Waals surface area contributed by atoms with Crippen LogP contribution in [0.15, 0.2) is 53.0 Å². The van der Waals surface area contributed by atoms with E-state index >= 15 is 0 Å². The summed E-state index contributed by atoms with van der Waals surface area (Å²) in [6, 6.07) is 15.7. The number of hydrogen-bond donors (Lipinski definition) is 2. The van der Waals surface area contributed by atoms with Crippen LogP contribution in [0.5, 0.6) is 0 Å². The highest BCUT2D eigenvalue weighted by molar-refractivity contribution is 9.10. The highest BCUT2D eigenvalue weighted by Gasteiger charge is 2.26. The molecule has 2 aromatic carbocycles. The Morgan fingerprint density at radius 1 is 1.24 bits per heavy atom. The Kier molecular flexibility index (Phi) is 3.94. The van der Waals surface area contributed by atoms with Crippen molar-refractivity contribution in [2.75, 3.05) is 18.9 Å². The molecule has 3 rings (SSSR count). The fraction of sp³-hybridized carbons (Fsp3) is 0.188. The molecule has 5 heteroatoms. The molecule has 1 aliphatic heterocycles. The van der Waals surface area contributed by atoms with E-state index < -0.39 is 0 Å².